The van der Waals surface area contributed by atoms with Gasteiger partial charge in [0.2, 0.25) is 0 Å². The van der Waals surface area contributed by atoms with Crippen molar-refractivity contribution in [2.24, 2.45) is 0 Å². The van der Waals surface area contributed by atoms with E-state index in [1.807, 2.05) is 38.1 Å². The van der Waals surface area contributed by atoms with Gasteiger partial charge in [0.15, 0.2) is 0 Å². The van der Waals surface area contributed by atoms with Crippen LogP contribution in [0, 0.1) is 12.7 Å². The SMILES string of the molecule is CC.Cc1ccc(-n2c(-c3cccnc3N)cc3ncc(-c4ccc(F)cn4)cc32)cc1. The highest BCUT2D eigenvalue weighted by atomic mass is 19.1. The topological polar surface area (TPSA) is 69.6 Å². The van der Waals surface area contributed by atoms with Gasteiger partial charge in [-0.1, -0.05) is 31.5 Å². The number of nitrogen functional groups attached to an aromatic ring is 1. The van der Waals surface area contributed by atoms with Gasteiger partial charge < -0.3 is 10.3 Å². The number of halogens is 1. The first-order valence-corrected chi connectivity index (χ1v) is 10.5. The average Bonchev–Trinajstić information content (AvgIpc) is 3.20. The van der Waals surface area contributed by atoms with Gasteiger partial charge in [-0.15, -0.1) is 0 Å². The van der Waals surface area contributed by atoms with Crippen LogP contribution in [0.4, 0.5) is 10.2 Å². The first-order valence-electron chi connectivity index (χ1n) is 10.5. The van der Waals surface area contributed by atoms with Gasteiger partial charge >= 0.3 is 0 Å². The highest BCUT2D eigenvalue weighted by Crippen LogP contribution is 2.34. The molecule has 4 aromatic heterocycles. The molecule has 0 aliphatic rings. The summed E-state index contributed by atoms with van der Waals surface area (Å²) in [5, 5.41) is 0. The Labute approximate surface area is 186 Å². The highest BCUT2D eigenvalue weighted by molar-refractivity contribution is 5.90. The fraction of sp³-hybridized carbons (Fsp3) is 0.115. The minimum atomic E-state index is -0.370. The molecule has 0 bridgehead atoms. The number of nitrogens with two attached hydrogens (primary N) is 1. The summed E-state index contributed by atoms with van der Waals surface area (Å²) in [5.41, 5.74) is 13.3. The van der Waals surface area contributed by atoms with Crippen molar-refractivity contribution in [1.29, 1.82) is 0 Å². The third-order valence-electron chi connectivity index (χ3n) is 5.08. The van der Waals surface area contributed by atoms with Gasteiger partial charge in [-0.25, -0.2) is 9.37 Å². The molecule has 1 aromatic carbocycles. The number of hydrogen-bond acceptors (Lipinski definition) is 4. The van der Waals surface area contributed by atoms with Gasteiger partial charge in [0.05, 0.1) is 28.6 Å². The minimum Gasteiger partial charge on any atom is -0.383 e. The summed E-state index contributed by atoms with van der Waals surface area (Å²) in [7, 11) is 0. The number of benzene rings is 1. The predicted octanol–water partition coefficient (Wildman–Crippen LogP) is 6.21. The van der Waals surface area contributed by atoms with Crippen LogP contribution >= 0.6 is 0 Å². The lowest BCUT2D eigenvalue weighted by Gasteiger charge is -2.13. The Hall–Kier alpha value is -4.06. The molecule has 0 fully saturated rings. The maximum absolute atomic E-state index is 13.3. The van der Waals surface area contributed by atoms with E-state index in [0.717, 1.165) is 33.5 Å². The molecular formula is C26H24FN5. The summed E-state index contributed by atoms with van der Waals surface area (Å²) in [5.74, 6) is 0.0826. The van der Waals surface area contributed by atoms with Crippen molar-refractivity contribution in [3.63, 3.8) is 0 Å². The second-order valence-electron chi connectivity index (χ2n) is 7.13. The zero-order valence-electron chi connectivity index (χ0n) is 18.2. The molecule has 5 nitrogen and oxygen atoms in total. The number of rotatable bonds is 3. The molecule has 5 aromatic rings. The molecule has 4 heterocycles. The lowest BCUT2D eigenvalue weighted by Crippen LogP contribution is -2.00. The molecule has 160 valence electrons. The molecule has 6 heteroatoms. The van der Waals surface area contributed by atoms with Gasteiger partial charge in [0.25, 0.3) is 0 Å². The Morgan fingerprint density at radius 1 is 0.875 bits per heavy atom. The van der Waals surface area contributed by atoms with Gasteiger partial charge in [-0.3, -0.25) is 9.97 Å². The number of pyridine rings is 3. The second-order valence-corrected chi connectivity index (χ2v) is 7.13. The molecule has 2 N–H and O–H groups in total. The van der Waals surface area contributed by atoms with Gasteiger partial charge in [-0.05, 0) is 55.5 Å². The van der Waals surface area contributed by atoms with Crippen molar-refractivity contribution >= 4 is 16.9 Å². The Morgan fingerprint density at radius 3 is 2.34 bits per heavy atom. The number of fused-ring (bicyclic) bond motifs is 1. The quantitative estimate of drug-likeness (QED) is 0.373. The summed E-state index contributed by atoms with van der Waals surface area (Å²) < 4.78 is 15.4. The van der Waals surface area contributed by atoms with Crippen molar-refractivity contribution in [3.8, 4) is 28.2 Å². The van der Waals surface area contributed by atoms with Gasteiger partial charge in [0.1, 0.15) is 11.6 Å². The largest absolute Gasteiger partial charge is 0.383 e. The van der Waals surface area contributed by atoms with Crippen molar-refractivity contribution in [2.75, 3.05) is 5.73 Å². The maximum Gasteiger partial charge on any atom is 0.141 e. The first kappa shape index (κ1) is 21.2. The lowest BCUT2D eigenvalue weighted by atomic mass is 10.1. The van der Waals surface area contributed by atoms with Crippen LogP contribution < -0.4 is 5.73 Å². The van der Waals surface area contributed by atoms with E-state index in [0.29, 0.717) is 11.5 Å². The fourth-order valence-corrected chi connectivity index (χ4v) is 3.57. The molecule has 0 saturated heterocycles. The Kier molecular flexibility index (Phi) is 5.94. The summed E-state index contributed by atoms with van der Waals surface area (Å²) in [6, 6.07) is 19.1. The molecule has 0 atom stereocenters. The van der Waals surface area contributed by atoms with E-state index in [4.69, 9.17) is 5.73 Å². The Balaban J connectivity index is 0.00000119. The van der Waals surface area contributed by atoms with Crippen LogP contribution in [0.5, 0.6) is 0 Å². The summed E-state index contributed by atoms with van der Waals surface area (Å²) >= 11 is 0. The van der Waals surface area contributed by atoms with Crippen molar-refractivity contribution in [3.05, 3.63) is 90.6 Å². The van der Waals surface area contributed by atoms with Crippen LogP contribution in [0.1, 0.15) is 19.4 Å². The van der Waals surface area contributed by atoms with E-state index < -0.39 is 0 Å². The van der Waals surface area contributed by atoms with E-state index in [2.05, 4.69) is 50.7 Å². The number of hydrogen-bond donors (Lipinski definition) is 1. The Morgan fingerprint density at radius 2 is 1.66 bits per heavy atom. The minimum absolute atomic E-state index is 0.370. The molecule has 0 radical (unpaired) electrons. The number of nitrogens with zero attached hydrogens (tertiary/aromatic N) is 4. The van der Waals surface area contributed by atoms with E-state index >= 15 is 0 Å². The monoisotopic (exact) mass is 425 g/mol. The third kappa shape index (κ3) is 3.95. The van der Waals surface area contributed by atoms with E-state index in [9.17, 15) is 4.39 Å². The van der Waals surface area contributed by atoms with Crippen molar-refractivity contribution in [2.45, 2.75) is 20.8 Å². The van der Waals surface area contributed by atoms with Crippen LogP contribution in [0.25, 0.3) is 39.2 Å². The Bertz CT molecular complexity index is 1360. The zero-order valence-corrected chi connectivity index (χ0v) is 18.2. The van der Waals surface area contributed by atoms with Gasteiger partial charge in [0, 0.05) is 29.2 Å². The van der Waals surface area contributed by atoms with Crippen LogP contribution in [-0.4, -0.2) is 19.5 Å². The van der Waals surface area contributed by atoms with Gasteiger partial charge in [-0.2, -0.15) is 0 Å². The lowest BCUT2D eigenvalue weighted by molar-refractivity contribution is 0.622. The highest BCUT2D eigenvalue weighted by Gasteiger charge is 2.16. The number of anilines is 1. The normalized spacial score (nSPS) is 10.6. The average molecular weight is 426 g/mol. The van der Waals surface area contributed by atoms with Crippen LogP contribution in [-0.2, 0) is 0 Å². The molecule has 0 aliphatic heterocycles. The molecule has 0 amide bonds. The van der Waals surface area contributed by atoms with Crippen LogP contribution in [0.3, 0.4) is 0 Å². The molecule has 0 unspecified atom stereocenters. The van der Waals surface area contributed by atoms with Crippen LogP contribution in [0.2, 0.25) is 0 Å². The number of aryl methyl sites for hydroxylation is 1. The van der Waals surface area contributed by atoms with E-state index in [1.165, 1.54) is 17.8 Å². The number of aromatic nitrogens is 4. The standard InChI is InChI=1S/C24H18FN5.C2H6/c1-15-4-7-18(8-5-15)30-22(19-3-2-10-27-24(19)26)12-21-23(30)11-16(13-28-21)20-9-6-17(25)14-29-20;1-2/h2-14H,1H3,(H2,26,27);1-2H3. The first-order chi connectivity index (χ1) is 15.6. The zero-order chi connectivity index (χ0) is 22.7. The third-order valence-corrected chi connectivity index (χ3v) is 5.08. The molecule has 0 spiro atoms. The molecule has 0 aliphatic carbocycles. The second kappa shape index (κ2) is 8.98. The van der Waals surface area contributed by atoms with Crippen molar-refractivity contribution in [1.82, 2.24) is 19.5 Å². The molecular weight excluding hydrogens is 401 g/mol. The summed E-state index contributed by atoms with van der Waals surface area (Å²) in [6.45, 7) is 6.05. The van der Waals surface area contributed by atoms with Crippen molar-refractivity contribution < 1.29 is 4.39 Å². The summed E-state index contributed by atoms with van der Waals surface area (Å²) in [6.07, 6.45) is 4.63. The van der Waals surface area contributed by atoms with E-state index in [-0.39, 0.29) is 5.82 Å². The maximum atomic E-state index is 13.3. The molecule has 5 rings (SSSR count). The predicted molar refractivity (Wildman–Crippen MR) is 128 cm³/mol. The van der Waals surface area contributed by atoms with Crippen LogP contribution in [0.15, 0.2) is 79.3 Å². The fourth-order valence-electron chi connectivity index (χ4n) is 3.57. The molecule has 32 heavy (non-hydrogen) atoms. The van der Waals surface area contributed by atoms with E-state index in [1.54, 1.807) is 18.5 Å². The summed E-state index contributed by atoms with van der Waals surface area (Å²) in [4.78, 5) is 13.1. The smallest absolute Gasteiger partial charge is 0.141 e. The molecule has 0 saturated carbocycles.